The Labute approximate surface area is 108 Å². The van der Waals surface area contributed by atoms with Crippen molar-refractivity contribution in [1.29, 1.82) is 0 Å². The number of unbranched alkanes of at least 4 members (excludes halogenated alkanes) is 1. The van der Waals surface area contributed by atoms with Crippen LogP contribution in [0.4, 0.5) is 0 Å². The van der Waals surface area contributed by atoms with Gasteiger partial charge in [0.05, 0.1) is 0 Å². The van der Waals surface area contributed by atoms with Crippen LogP contribution in [0, 0.1) is 0 Å². The maximum atomic E-state index is 9.90. The molecule has 108 valence electrons. The lowest BCUT2D eigenvalue weighted by molar-refractivity contribution is -0.139. The summed E-state index contributed by atoms with van der Waals surface area (Å²) in [5.41, 5.74) is 10.5. The fourth-order valence-electron chi connectivity index (χ4n) is 1.01. The average molecular weight is 263 g/mol. The van der Waals surface area contributed by atoms with Gasteiger partial charge in [-0.15, -0.1) is 0 Å². The molecule has 0 heterocycles. The van der Waals surface area contributed by atoms with Crippen molar-refractivity contribution in [3.8, 4) is 0 Å². The lowest BCUT2D eigenvalue weighted by Crippen LogP contribution is -2.24. The standard InChI is InChI=1S/C6H10O4.C5H15N3/c7-5(8)3-1-2-4-6(9)10;6-2-1-4-8-5-3-7/h1-4H2,(H,7,8)(H,9,10);8H,1-7H2. The van der Waals surface area contributed by atoms with Crippen molar-refractivity contribution in [1.82, 2.24) is 5.32 Å². The Morgan fingerprint density at radius 2 is 1.33 bits per heavy atom. The summed E-state index contributed by atoms with van der Waals surface area (Å²) in [6, 6.07) is 0. The van der Waals surface area contributed by atoms with Gasteiger partial charge in [0.15, 0.2) is 0 Å². The van der Waals surface area contributed by atoms with Crippen LogP contribution in [-0.4, -0.2) is 48.3 Å². The Morgan fingerprint density at radius 3 is 1.67 bits per heavy atom. The van der Waals surface area contributed by atoms with Crippen LogP contribution in [-0.2, 0) is 9.59 Å². The van der Waals surface area contributed by atoms with Crippen LogP contribution in [0.3, 0.4) is 0 Å². The molecule has 0 aliphatic heterocycles. The summed E-state index contributed by atoms with van der Waals surface area (Å²) in [6.45, 7) is 3.37. The van der Waals surface area contributed by atoms with Gasteiger partial charge in [-0.05, 0) is 32.4 Å². The fourth-order valence-corrected chi connectivity index (χ4v) is 1.01. The molecule has 18 heavy (non-hydrogen) atoms. The molecule has 0 saturated heterocycles. The number of carboxylic acid groups (broad SMARTS) is 2. The number of rotatable bonds is 10. The van der Waals surface area contributed by atoms with Gasteiger partial charge in [-0.1, -0.05) is 0 Å². The highest BCUT2D eigenvalue weighted by atomic mass is 16.4. The van der Waals surface area contributed by atoms with E-state index in [9.17, 15) is 9.59 Å². The first kappa shape index (κ1) is 19.2. The van der Waals surface area contributed by atoms with Crippen molar-refractivity contribution >= 4 is 11.9 Å². The Hall–Kier alpha value is -1.18. The molecule has 0 rings (SSSR count). The molecular formula is C11H25N3O4. The van der Waals surface area contributed by atoms with Crippen LogP contribution in [0.15, 0.2) is 0 Å². The van der Waals surface area contributed by atoms with Crippen molar-refractivity contribution < 1.29 is 19.8 Å². The molecule has 0 fully saturated rings. The predicted molar refractivity (Wildman–Crippen MR) is 69.3 cm³/mol. The summed E-state index contributed by atoms with van der Waals surface area (Å²) in [7, 11) is 0. The van der Waals surface area contributed by atoms with Gasteiger partial charge in [-0.25, -0.2) is 0 Å². The van der Waals surface area contributed by atoms with E-state index in [0.717, 1.165) is 26.1 Å². The number of carbonyl (C=O) groups is 2. The third kappa shape index (κ3) is 24.2. The summed E-state index contributed by atoms with van der Waals surface area (Å²) < 4.78 is 0. The molecule has 7 N–H and O–H groups in total. The van der Waals surface area contributed by atoms with E-state index in [-0.39, 0.29) is 12.8 Å². The molecule has 7 nitrogen and oxygen atoms in total. The summed E-state index contributed by atoms with van der Waals surface area (Å²) in [5, 5.41) is 19.4. The zero-order chi connectivity index (χ0) is 14.2. The molecule has 0 saturated carbocycles. The minimum Gasteiger partial charge on any atom is -0.481 e. The van der Waals surface area contributed by atoms with Gasteiger partial charge in [0.1, 0.15) is 0 Å². The second kappa shape index (κ2) is 15.8. The topological polar surface area (TPSA) is 139 Å². The van der Waals surface area contributed by atoms with Crippen molar-refractivity contribution in [2.45, 2.75) is 32.1 Å². The number of carboxylic acids is 2. The molecule has 7 heteroatoms. The van der Waals surface area contributed by atoms with Crippen molar-refractivity contribution in [2.24, 2.45) is 11.5 Å². The first-order chi connectivity index (χ1) is 8.54. The predicted octanol–water partition coefficient (Wildman–Crippen LogP) is -0.400. The van der Waals surface area contributed by atoms with Crippen LogP contribution in [0.25, 0.3) is 0 Å². The smallest absolute Gasteiger partial charge is 0.303 e. The first-order valence-electron chi connectivity index (χ1n) is 6.09. The molecule has 0 aliphatic rings. The van der Waals surface area contributed by atoms with Gasteiger partial charge in [-0.3, -0.25) is 9.59 Å². The van der Waals surface area contributed by atoms with Gasteiger partial charge < -0.3 is 27.0 Å². The van der Waals surface area contributed by atoms with E-state index in [1.165, 1.54) is 0 Å². The second-order valence-electron chi connectivity index (χ2n) is 3.68. The Morgan fingerprint density at radius 1 is 0.833 bits per heavy atom. The molecule has 0 radical (unpaired) electrons. The Balaban J connectivity index is 0. The number of nitrogens with one attached hydrogen (secondary N) is 1. The van der Waals surface area contributed by atoms with E-state index in [1.54, 1.807) is 0 Å². The molecule has 0 spiro atoms. The molecule has 0 unspecified atom stereocenters. The second-order valence-corrected chi connectivity index (χ2v) is 3.68. The third-order valence-corrected chi connectivity index (χ3v) is 1.91. The highest BCUT2D eigenvalue weighted by Crippen LogP contribution is 1.98. The minimum atomic E-state index is -0.870. The summed E-state index contributed by atoms with van der Waals surface area (Å²) in [4.78, 5) is 19.8. The largest absolute Gasteiger partial charge is 0.481 e. The number of hydrogen-bond acceptors (Lipinski definition) is 5. The van der Waals surface area contributed by atoms with E-state index in [4.69, 9.17) is 21.7 Å². The first-order valence-corrected chi connectivity index (χ1v) is 6.09. The van der Waals surface area contributed by atoms with Crippen molar-refractivity contribution in [2.75, 3.05) is 26.2 Å². The zero-order valence-corrected chi connectivity index (χ0v) is 10.7. The third-order valence-electron chi connectivity index (χ3n) is 1.91. The monoisotopic (exact) mass is 263 g/mol. The maximum absolute atomic E-state index is 9.90. The molecule has 0 atom stereocenters. The van der Waals surface area contributed by atoms with E-state index < -0.39 is 11.9 Å². The summed E-state index contributed by atoms with van der Waals surface area (Å²) in [5.74, 6) is -1.74. The normalized spacial score (nSPS) is 9.44. The molecule has 0 aromatic rings. The van der Waals surface area contributed by atoms with Crippen LogP contribution in [0.2, 0.25) is 0 Å². The van der Waals surface area contributed by atoms with Crippen LogP contribution < -0.4 is 16.8 Å². The van der Waals surface area contributed by atoms with E-state index >= 15 is 0 Å². The molecule has 0 bridgehead atoms. The number of hydrogen-bond donors (Lipinski definition) is 5. The SMILES string of the molecule is NCCCNCCN.O=C(O)CCCCC(=O)O. The van der Waals surface area contributed by atoms with Gasteiger partial charge in [-0.2, -0.15) is 0 Å². The average Bonchev–Trinajstić information content (AvgIpc) is 2.31. The quantitative estimate of drug-likeness (QED) is 0.338. The fraction of sp³-hybridized carbons (Fsp3) is 0.818. The van der Waals surface area contributed by atoms with Gasteiger partial charge in [0, 0.05) is 25.9 Å². The van der Waals surface area contributed by atoms with Crippen molar-refractivity contribution in [3.05, 3.63) is 0 Å². The Bertz CT molecular complexity index is 190. The molecule has 0 aromatic carbocycles. The summed E-state index contributed by atoms with van der Waals surface area (Å²) in [6.07, 6.45) is 2.06. The van der Waals surface area contributed by atoms with Gasteiger partial charge >= 0.3 is 11.9 Å². The summed E-state index contributed by atoms with van der Waals surface area (Å²) >= 11 is 0. The minimum absolute atomic E-state index is 0.0628. The lowest BCUT2D eigenvalue weighted by atomic mass is 10.2. The molecular weight excluding hydrogens is 238 g/mol. The van der Waals surface area contributed by atoms with Crippen LogP contribution in [0.5, 0.6) is 0 Å². The molecule has 0 aromatic heterocycles. The van der Waals surface area contributed by atoms with Gasteiger partial charge in [0.25, 0.3) is 0 Å². The lowest BCUT2D eigenvalue weighted by Gasteiger charge is -1.98. The molecule has 0 amide bonds. The highest BCUT2D eigenvalue weighted by molar-refractivity contribution is 5.67. The highest BCUT2D eigenvalue weighted by Gasteiger charge is 1.99. The van der Waals surface area contributed by atoms with E-state index in [0.29, 0.717) is 19.4 Å². The number of nitrogens with two attached hydrogens (primary N) is 2. The van der Waals surface area contributed by atoms with Crippen LogP contribution >= 0.6 is 0 Å². The van der Waals surface area contributed by atoms with E-state index in [2.05, 4.69) is 5.32 Å². The molecule has 0 aliphatic carbocycles. The zero-order valence-electron chi connectivity index (χ0n) is 10.7. The Kier molecular flexibility index (Phi) is 16.8. The van der Waals surface area contributed by atoms with Crippen LogP contribution in [0.1, 0.15) is 32.1 Å². The maximum Gasteiger partial charge on any atom is 0.303 e. The number of aliphatic carboxylic acids is 2. The van der Waals surface area contributed by atoms with E-state index in [1.807, 2.05) is 0 Å². The van der Waals surface area contributed by atoms with Gasteiger partial charge in [0.2, 0.25) is 0 Å². The van der Waals surface area contributed by atoms with Crippen molar-refractivity contribution in [3.63, 3.8) is 0 Å².